The number of ether oxygens (including phenoxy) is 1. The highest BCUT2D eigenvalue weighted by Gasteiger charge is 2.08. The molecule has 0 aliphatic carbocycles. The Labute approximate surface area is 136 Å². The molecule has 0 unspecified atom stereocenters. The van der Waals surface area contributed by atoms with Crippen LogP contribution in [0.15, 0.2) is 42.5 Å². The highest BCUT2D eigenvalue weighted by atomic mass is 35.5. The number of anilines is 1. The third kappa shape index (κ3) is 4.50. The molecule has 2 aromatic carbocycles. The van der Waals surface area contributed by atoms with Gasteiger partial charge in [0.15, 0.2) is 0 Å². The van der Waals surface area contributed by atoms with Gasteiger partial charge in [-0.25, -0.2) is 0 Å². The van der Waals surface area contributed by atoms with Crippen molar-refractivity contribution in [2.75, 3.05) is 11.9 Å². The Morgan fingerprint density at radius 2 is 1.91 bits per heavy atom. The lowest BCUT2D eigenvalue weighted by molar-refractivity contribution is 0.102. The molecule has 1 amide bonds. The number of hydrogen-bond donors (Lipinski definition) is 1. The van der Waals surface area contributed by atoms with E-state index in [-0.39, 0.29) is 5.91 Å². The van der Waals surface area contributed by atoms with Gasteiger partial charge in [-0.2, -0.15) is 0 Å². The van der Waals surface area contributed by atoms with Gasteiger partial charge in [-0.05, 0) is 61.4 Å². The van der Waals surface area contributed by atoms with Crippen LogP contribution >= 0.6 is 11.6 Å². The molecule has 0 spiro atoms. The van der Waals surface area contributed by atoms with Gasteiger partial charge in [0.2, 0.25) is 0 Å². The van der Waals surface area contributed by atoms with Crippen LogP contribution in [0.2, 0.25) is 5.02 Å². The Morgan fingerprint density at radius 3 is 2.55 bits per heavy atom. The quantitative estimate of drug-likeness (QED) is 0.754. The van der Waals surface area contributed by atoms with Gasteiger partial charge in [-0.3, -0.25) is 4.79 Å². The fourth-order valence-electron chi connectivity index (χ4n) is 2.00. The minimum atomic E-state index is -0.148. The summed E-state index contributed by atoms with van der Waals surface area (Å²) in [6, 6.07) is 12.6. The molecule has 1 N–H and O–H groups in total. The van der Waals surface area contributed by atoms with Crippen LogP contribution in [0.1, 0.15) is 35.7 Å². The van der Waals surface area contributed by atoms with E-state index < -0.39 is 0 Å². The smallest absolute Gasteiger partial charge is 0.255 e. The molecule has 0 bridgehead atoms. The normalized spacial score (nSPS) is 10.3. The predicted molar refractivity (Wildman–Crippen MR) is 91.0 cm³/mol. The van der Waals surface area contributed by atoms with Crippen LogP contribution < -0.4 is 10.1 Å². The molecule has 0 saturated heterocycles. The zero-order valence-corrected chi connectivity index (χ0v) is 13.6. The van der Waals surface area contributed by atoms with Crippen molar-refractivity contribution >= 4 is 23.2 Å². The van der Waals surface area contributed by atoms with Crippen molar-refractivity contribution in [2.24, 2.45) is 0 Å². The molecule has 2 aromatic rings. The fraction of sp³-hybridized carbons (Fsp3) is 0.278. The van der Waals surface area contributed by atoms with E-state index in [1.807, 2.05) is 25.1 Å². The summed E-state index contributed by atoms with van der Waals surface area (Å²) in [5.74, 6) is 0.637. The number of amides is 1. The van der Waals surface area contributed by atoms with E-state index in [9.17, 15) is 4.79 Å². The van der Waals surface area contributed by atoms with E-state index in [4.69, 9.17) is 16.3 Å². The monoisotopic (exact) mass is 317 g/mol. The lowest BCUT2D eigenvalue weighted by Crippen LogP contribution is -2.12. The first-order valence-electron chi connectivity index (χ1n) is 7.40. The molecule has 2 rings (SSSR count). The van der Waals surface area contributed by atoms with Gasteiger partial charge in [-0.15, -0.1) is 0 Å². The lowest BCUT2D eigenvalue weighted by Gasteiger charge is -2.10. The number of carbonyl (C=O) groups is 1. The van der Waals surface area contributed by atoms with E-state index in [2.05, 4.69) is 12.2 Å². The SMILES string of the molecule is CCCCOc1ccc(C(=O)Nc2ccc(Cl)cc2C)cc1. The summed E-state index contributed by atoms with van der Waals surface area (Å²) in [6.07, 6.45) is 2.12. The Balaban J connectivity index is 2.00. The first-order chi connectivity index (χ1) is 10.6. The predicted octanol–water partition coefficient (Wildman–Crippen LogP) is 5.08. The van der Waals surface area contributed by atoms with E-state index in [0.717, 1.165) is 29.8 Å². The number of nitrogens with one attached hydrogen (secondary N) is 1. The number of carbonyl (C=O) groups excluding carboxylic acids is 1. The van der Waals surface area contributed by atoms with Crippen molar-refractivity contribution in [3.05, 3.63) is 58.6 Å². The van der Waals surface area contributed by atoms with Gasteiger partial charge in [-0.1, -0.05) is 24.9 Å². The molecule has 0 saturated carbocycles. The van der Waals surface area contributed by atoms with Crippen LogP contribution in [0.5, 0.6) is 5.75 Å². The van der Waals surface area contributed by atoms with Crippen molar-refractivity contribution < 1.29 is 9.53 Å². The number of benzene rings is 2. The summed E-state index contributed by atoms with van der Waals surface area (Å²) in [7, 11) is 0. The van der Waals surface area contributed by atoms with Crippen molar-refractivity contribution in [2.45, 2.75) is 26.7 Å². The topological polar surface area (TPSA) is 38.3 Å². The number of halogens is 1. The van der Waals surface area contributed by atoms with Gasteiger partial charge in [0, 0.05) is 16.3 Å². The average molecular weight is 318 g/mol. The highest BCUT2D eigenvalue weighted by Crippen LogP contribution is 2.21. The van der Waals surface area contributed by atoms with Crippen molar-refractivity contribution in [1.29, 1.82) is 0 Å². The van der Waals surface area contributed by atoms with Gasteiger partial charge >= 0.3 is 0 Å². The Hall–Kier alpha value is -2.00. The molecule has 0 aromatic heterocycles. The van der Waals surface area contributed by atoms with Crippen molar-refractivity contribution in [3.63, 3.8) is 0 Å². The average Bonchev–Trinajstić information content (AvgIpc) is 2.51. The standard InChI is InChI=1S/C18H20ClNO2/c1-3-4-11-22-16-8-5-14(6-9-16)18(21)20-17-10-7-15(19)12-13(17)2/h5-10,12H,3-4,11H2,1-2H3,(H,20,21). The molecule has 116 valence electrons. The largest absolute Gasteiger partial charge is 0.494 e. The Bertz CT molecular complexity index is 638. The summed E-state index contributed by atoms with van der Waals surface area (Å²) in [5, 5.41) is 3.54. The summed E-state index contributed by atoms with van der Waals surface area (Å²) in [6.45, 7) is 4.73. The molecule has 0 aliphatic rings. The number of unbranched alkanes of at least 4 members (excludes halogenated alkanes) is 1. The van der Waals surface area contributed by atoms with Gasteiger partial charge in [0.1, 0.15) is 5.75 Å². The van der Waals surface area contributed by atoms with Gasteiger partial charge in [0.25, 0.3) is 5.91 Å². The maximum atomic E-state index is 12.2. The first-order valence-corrected chi connectivity index (χ1v) is 7.78. The lowest BCUT2D eigenvalue weighted by atomic mass is 10.1. The molecule has 4 heteroatoms. The Kier molecular flexibility index (Phi) is 5.84. The second-order valence-corrected chi connectivity index (χ2v) is 5.58. The van der Waals surface area contributed by atoms with Crippen molar-refractivity contribution in [1.82, 2.24) is 0 Å². The van der Waals surface area contributed by atoms with Crippen molar-refractivity contribution in [3.8, 4) is 5.75 Å². The summed E-state index contributed by atoms with van der Waals surface area (Å²) in [4.78, 5) is 12.2. The molecule has 0 fully saturated rings. The number of aryl methyl sites for hydroxylation is 1. The van der Waals surface area contributed by atoms with Gasteiger partial charge < -0.3 is 10.1 Å². The fourth-order valence-corrected chi connectivity index (χ4v) is 2.23. The summed E-state index contributed by atoms with van der Waals surface area (Å²) < 4.78 is 5.59. The summed E-state index contributed by atoms with van der Waals surface area (Å²) in [5.41, 5.74) is 2.29. The third-order valence-corrected chi connectivity index (χ3v) is 3.55. The van der Waals surface area contributed by atoms with E-state index in [0.29, 0.717) is 17.2 Å². The minimum absolute atomic E-state index is 0.148. The van der Waals surface area contributed by atoms with E-state index in [1.165, 1.54) is 0 Å². The first kappa shape index (κ1) is 16.4. The van der Waals surface area contributed by atoms with Crippen LogP contribution in [0.4, 0.5) is 5.69 Å². The van der Waals surface area contributed by atoms with Crippen LogP contribution in [-0.4, -0.2) is 12.5 Å². The summed E-state index contributed by atoms with van der Waals surface area (Å²) >= 11 is 5.91. The maximum Gasteiger partial charge on any atom is 0.255 e. The second-order valence-electron chi connectivity index (χ2n) is 5.14. The van der Waals surface area contributed by atoms with Gasteiger partial charge in [0.05, 0.1) is 6.61 Å². The van der Waals surface area contributed by atoms with Crippen LogP contribution in [0.3, 0.4) is 0 Å². The van der Waals surface area contributed by atoms with E-state index in [1.54, 1.807) is 24.3 Å². The molecule has 3 nitrogen and oxygen atoms in total. The molecular formula is C18H20ClNO2. The molecular weight excluding hydrogens is 298 g/mol. The molecule has 0 heterocycles. The number of hydrogen-bond acceptors (Lipinski definition) is 2. The van der Waals surface area contributed by atoms with E-state index >= 15 is 0 Å². The third-order valence-electron chi connectivity index (χ3n) is 3.32. The van der Waals surface area contributed by atoms with Crippen LogP contribution in [-0.2, 0) is 0 Å². The zero-order valence-electron chi connectivity index (χ0n) is 12.9. The number of rotatable bonds is 6. The highest BCUT2D eigenvalue weighted by molar-refractivity contribution is 6.30. The molecule has 0 radical (unpaired) electrons. The second kappa shape index (κ2) is 7.85. The molecule has 0 aliphatic heterocycles. The molecule has 22 heavy (non-hydrogen) atoms. The Morgan fingerprint density at radius 1 is 1.18 bits per heavy atom. The van der Waals surface area contributed by atoms with Crippen LogP contribution in [0, 0.1) is 6.92 Å². The molecule has 0 atom stereocenters. The minimum Gasteiger partial charge on any atom is -0.494 e. The maximum absolute atomic E-state index is 12.2. The van der Waals surface area contributed by atoms with Crippen LogP contribution in [0.25, 0.3) is 0 Å². The zero-order chi connectivity index (χ0) is 15.9.